The number of nitrogens with one attached hydrogen (secondary N) is 1. The zero-order valence-electron chi connectivity index (χ0n) is 10.1. The van der Waals surface area contributed by atoms with Gasteiger partial charge in [-0.15, -0.1) is 12.4 Å². The normalized spacial score (nSPS) is 18.9. The number of nitrogens with zero attached hydrogens (tertiary/aromatic N) is 2. The fourth-order valence-corrected chi connectivity index (χ4v) is 1.88. The SMILES string of the molecule is CCC(NC(C)C1CC1)c1noc(C)n1.Cl. The number of aryl methyl sites for hydroxylation is 1. The van der Waals surface area contributed by atoms with Crippen molar-refractivity contribution in [3.8, 4) is 0 Å². The summed E-state index contributed by atoms with van der Waals surface area (Å²) < 4.78 is 5.00. The van der Waals surface area contributed by atoms with Crippen LogP contribution in [0.4, 0.5) is 0 Å². The fourth-order valence-electron chi connectivity index (χ4n) is 1.88. The maximum absolute atomic E-state index is 5.00. The Labute approximate surface area is 103 Å². The first kappa shape index (κ1) is 13.5. The largest absolute Gasteiger partial charge is 0.340 e. The maximum atomic E-state index is 5.00. The van der Waals surface area contributed by atoms with E-state index in [-0.39, 0.29) is 18.4 Å². The summed E-state index contributed by atoms with van der Waals surface area (Å²) in [4.78, 5) is 4.27. The summed E-state index contributed by atoms with van der Waals surface area (Å²) in [6.07, 6.45) is 3.71. The molecule has 16 heavy (non-hydrogen) atoms. The van der Waals surface area contributed by atoms with Crippen molar-refractivity contribution in [3.05, 3.63) is 11.7 Å². The third-order valence-electron chi connectivity index (χ3n) is 3.06. The first-order chi connectivity index (χ1) is 7.20. The molecular formula is C11H20ClN3O. The van der Waals surface area contributed by atoms with Crippen molar-refractivity contribution in [3.63, 3.8) is 0 Å². The van der Waals surface area contributed by atoms with Crippen LogP contribution in [0.3, 0.4) is 0 Å². The Balaban J connectivity index is 0.00000128. The quantitative estimate of drug-likeness (QED) is 0.867. The molecule has 1 aliphatic rings. The summed E-state index contributed by atoms with van der Waals surface area (Å²) in [5.41, 5.74) is 0. The number of aromatic nitrogens is 2. The van der Waals surface area contributed by atoms with E-state index in [1.54, 1.807) is 0 Å². The average molecular weight is 246 g/mol. The number of rotatable bonds is 5. The molecule has 0 spiro atoms. The first-order valence-corrected chi connectivity index (χ1v) is 5.77. The molecule has 0 amide bonds. The topological polar surface area (TPSA) is 51.0 Å². The minimum Gasteiger partial charge on any atom is -0.340 e. The third kappa shape index (κ3) is 3.19. The lowest BCUT2D eigenvalue weighted by atomic mass is 10.1. The van der Waals surface area contributed by atoms with E-state index in [1.165, 1.54) is 12.8 Å². The monoisotopic (exact) mass is 245 g/mol. The molecule has 5 heteroatoms. The Bertz CT molecular complexity index is 325. The van der Waals surface area contributed by atoms with Gasteiger partial charge in [-0.3, -0.25) is 0 Å². The van der Waals surface area contributed by atoms with Gasteiger partial charge in [0.25, 0.3) is 0 Å². The van der Waals surface area contributed by atoms with Gasteiger partial charge in [0.05, 0.1) is 6.04 Å². The highest BCUT2D eigenvalue weighted by atomic mass is 35.5. The summed E-state index contributed by atoms with van der Waals surface area (Å²) in [7, 11) is 0. The molecule has 1 saturated carbocycles. The molecule has 4 nitrogen and oxygen atoms in total. The van der Waals surface area contributed by atoms with Crippen molar-refractivity contribution in [1.82, 2.24) is 15.5 Å². The van der Waals surface area contributed by atoms with Crippen LogP contribution in [0.2, 0.25) is 0 Å². The Hall–Kier alpha value is -0.610. The highest BCUT2D eigenvalue weighted by Gasteiger charge is 2.30. The highest BCUT2D eigenvalue weighted by molar-refractivity contribution is 5.85. The van der Waals surface area contributed by atoms with E-state index in [4.69, 9.17) is 4.52 Å². The van der Waals surface area contributed by atoms with E-state index in [2.05, 4.69) is 29.3 Å². The predicted molar refractivity (Wildman–Crippen MR) is 64.6 cm³/mol. The molecule has 1 heterocycles. The Morgan fingerprint density at radius 2 is 2.19 bits per heavy atom. The van der Waals surface area contributed by atoms with Gasteiger partial charge in [-0.2, -0.15) is 4.98 Å². The standard InChI is InChI=1S/C11H19N3O.ClH/c1-4-10(11-13-8(3)15-14-11)12-7(2)9-5-6-9;/h7,9-10,12H,4-6H2,1-3H3;1H. The van der Waals surface area contributed by atoms with Crippen LogP contribution in [0.5, 0.6) is 0 Å². The van der Waals surface area contributed by atoms with E-state index < -0.39 is 0 Å². The van der Waals surface area contributed by atoms with Gasteiger partial charge in [-0.25, -0.2) is 0 Å². The average Bonchev–Trinajstić information content (AvgIpc) is 2.98. The summed E-state index contributed by atoms with van der Waals surface area (Å²) in [6, 6.07) is 0.798. The molecule has 2 unspecified atom stereocenters. The van der Waals surface area contributed by atoms with E-state index >= 15 is 0 Å². The fraction of sp³-hybridized carbons (Fsp3) is 0.818. The van der Waals surface area contributed by atoms with Gasteiger partial charge in [-0.05, 0) is 32.1 Å². The van der Waals surface area contributed by atoms with Crippen LogP contribution in [0.25, 0.3) is 0 Å². The third-order valence-corrected chi connectivity index (χ3v) is 3.06. The number of halogens is 1. The second-order valence-electron chi connectivity index (χ2n) is 4.43. The van der Waals surface area contributed by atoms with Crippen LogP contribution in [0, 0.1) is 12.8 Å². The van der Waals surface area contributed by atoms with E-state index in [9.17, 15) is 0 Å². The lowest BCUT2D eigenvalue weighted by Gasteiger charge is -2.19. The van der Waals surface area contributed by atoms with Crippen molar-refractivity contribution in [2.24, 2.45) is 5.92 Å². The molecule has 0 aliphatic heterocycles. The summed E-state index contributed by atoms with van der Waals surface area (Å²) >= 11 is 0. The molecule has 0 saturated heterocycles. The first-order valence-electron chi connectivity index (χ1n) is 5.77. The van der Waals surface area contributed by atoms with Crippen molar-refractivity contribution in [2.75, 3.05) is 0 Å². The molecule has 1 aliphatic carbocycles. The zero-order valence-corrected chi connectivity index (χ0v) is 10.9. The number of hydrogen-bond acceptors (Lipinski definition) is 4. The van der Waals surface area contributed by atoms with Crippen LogP contribution in [-0.4, -0.2) is 16.2 Å². The van der Waals surface area contributed by atoms with Crippen LogP contribution in [-0.2, 0) is 0 Å². The second-order valence-corrected chi connectivity index (χ2v) is 4.43. The van der Waals surface area contributed by atoms with Gasteiger partial charge in [0.1, 0.15) is 0 Å². The molecule has 1 N–H and O–H groups in total. The van der Waals surface area contributed by atoms with Gasteiger partial charge in [0.2, 0.25) is 5.89 Å². The van der Waals surface area contributed by atoms with E-state index in [0.29, 0.717) is 11.9 Å². The molecule has 1 aromatic rings. The molecule has 2 atom stereocenters. The van der Waals surface area contributed by atoms with Crippen LogP contribution in [0.15, 0.2) is 4.52 Å². The predicted octanol–water partition coefficient (Wildman–Crippen LogP) is 2.64. The number of hydrogen-bond donors (Lipinski definition) is 1. The smallest absolute Gasteiger partial charge is 0.223 e. The lowest BCUT2D eigenvalue weighted by Crippen LogP contribution is -2.32. The van der Waals surface area contributed by atoms with Crippen molar-refractivity contribution in [2.45, 2.75) is 52.1 Å². The minimum absolute atomic E-state index is 0. The maximum Gasteiger partial charge on any atom is 0.223 e. The van der Waals surface area contributed by atoms with E-state index in [0.717, 1.165) is 18.2 Å². The van der Waals surface area contributed by atoms with Gasteiger partial charge in [0.15, 0.2) is 5.82 Å². The lowest BCUT2D eigenvalue weighted by molar-refractivity contribution is 0.359. The van der Waals surface area contributed by atoms with Gasteiger partial charge >= 0.3 is 0 Å². The second kappa shape index (κ2) is 5.64. The molecular weight excluding hydrogens is 226 g/mol. The van der Waals surface area contributed by atoms with E-state index in [1.807, 2.05) is 6.92 Å². The highest BCUT2D eigenvalue weighted by Crippen LogP contribution is 2.33. The molecule has 2 rings (SSSR count). The molecule has 0 radical (unpaired) electrons. The van der Waals surface area contributed by atoms with Gasteiger partial charge < -0.3 is 9.84 Å². The Morgan fingerprint density at radius 3 is 2.62 bits per heavy atom. The van der Waals surface area contributed by atoms with Crippen molar-refractivity contribution >= 4 is 12.4 Å². The summed E-state index contributed by atoms with van der Waals surface area (Å²) in [5, 5.41) is 7.54. The van der Waals surface area contributed by atoms with Gasteiger partial charge in [-0.1, -0.05) is 12.1 Å². The molecule has 1 fully saturated rings. The van der Waals surface area contributed by atoms with Gasteiger partial charge in [0, 0.05) is 13.0 Å². The molecule has 1 aromatic heterocycles. The van der Waals surface area contributed by atoms with Crippen LogP contribution < -0.4 is 5.32 Å². The van der Waals surface area contributed by atoms with Crippen LogP contribution in [0.1, 0.15) is 50.9 Å². The van der Waals surface area contributed by atoms with Crippen molar-refractivity contribution < 1.29 is 4.52 Å². The van der Waals surface area contributed by atoms with Crippen LogP contribution >= 0.6 is 12.4 Å². The summed E-state index contributed by atoms with van der Waals surface area (Å²) in [6.45, 7) is 6.21. The van der Waals surface area contributed by atoms with Crippen molar-refractivity contribution in [1.29, 1.82) is 0 Å². The Morgan fingerprint density at radius 1 is 1.50 bits per heavy atom. The minimum atomic E-state index is 0. The molecule has 0 bridgehead atoms. The summed E-state index contributed by atoms with van der Waals surface area (Å²) in [5.74, 6) is 2.29. The molecule has 0 aromatic carbocycles. The zero-order chi connectivity index (χ0) is 10.8. The Kier molecular flexibility index (Phi) is 4.74. The molecule has 92 valence electrons.